The van der Waals surface area contributed by atoms with Crippen LogP contribution in [-0.2, 0) is 4.74 Å². The van der Waals surface area contributed by atoms with E-state index in [1.54, 1.807) is 25.1 Å². The van der Waals surface area contributed by atoms with Crippen molar-refractivity contribution in [1.29, 1.82) is 0 Å². The molecule has 3 N–H and O–H groups in total. The third kappa shape index (κ3) is 4.82. The average molecular weight is 446 g/mol. The molecule has 0 saturated heterocycles. The fourth-order valence-electron chi connectivity index (χ4n) is 4.37. The molecule has 0 fully saturated rings. The van der Waals surface area contributed by atoms with Gasteiger partial charge in [-0.1, -0.05) is 66.7 Å². The molecule has 1 aliphatic rings. The molecule has 3 aromatic carbocycles. The molecule has 3 aromatic rings. The molecule has 0 heterocycles. The average Bonchev–Trinajstić information content (AvgIpc) is 3.16. The minimum absolute atomic E-state index is 0.0202. The lowest BCUT2D eigenvalue weighted by molar-refractivity contribution is 0.0136. The zero-order valence-electron chi connectivity index (χ0n) is 18.4. The van der Waals surface area contributed by atoms with Crippen molar-refractivity contribution in [3.8, 4) is 11.1 Å². The molecule has 0 aromatic heterocycles. The quantitative estimate of drug-likeness (QED) is 0.453. The molecule has 6 nitrogen and oxygen atoms in total. The van der Waals surface area contributed by atoms with Gasteiger partial charge in [-0.2, -0.15) is 0 Å². The van der Waals surface area contributed by atoms with E-state index in [-0.39, 0.29) is 25.5 Å². The van der Waals surface area contributed by atoms with Gasteiger partial charge in [0.25, 0.3) is 0 Å². The Morgan fingerprint density at radius 2 is 1.67 bits per heavy atom. The summed E-state index contributed by atoms with van der Waals surface area (Å²) < 4.78 is 5.48. The fourth-order valence-corrected chi connectivity index (χ4v) is 4.37. The van der Waals surface area contributed by atoms with E-state index >= 15 is 0 Å². The highest BCUT2D eigenvalue weighted by molar-refractivity contribution is 5.79. The van der Waals surface area contributed by atoms with Crippen molar-refractivity contribution in [2.45, 2.75) is 31.5 Å². The molecule has 2 atom stereocenters. The monoisotopic (exact) mass is 445 g/mol. The van der Waals surface area contributed by atoms with Gasteiger partial charge in [0.15, 0.2) is 0 Å². The number of aldehydes is 1. The van der Waals surface area contributed by atoms with E-state index in [9.17, 15) is 19.8 Å². The molecule has 33 heavy (non-hydrogen) atoms. The van der Waals surface area contributed by atoms with Gasteiger partial charge in [-0.25, -0.2) is 4.79 Å². The molecule has 6 heteroatoms. The number of benzene rings is 3. The second kappa shape index (κ2) is 9.98. The van der Waals surface area contributed by atoms with Crippen LogP contribution in [0.4, 0.5) is 4.79 Å². The van der Waals surface area contributed by atoms with E-state index < -0.39 is 18.3 Å². The number of alkyl carbamates (subject to hydrolysis) is 1. The summed E-state index contributed by atoms with van der Waals surface area (Å²) >= 11 is 0. The van der Waals surface area contributed by atoms with Gasteiger partial charge < -0.3 is 20.3 Å². The number of aryl methyl sites for hydroxylation is 1. The van der Waals surface area contributed by atoms with Gasteiger partial charge >= 0.3 is 6.09 Å². The highest BCUT2D eigenvalue weighted by atomic mass is 16.5. The molecular weight excluding hydrogens is 418 g/mol. The Bertz CT molecular complexity index is 1110. The summed E-state index contributed by atoms with van der Waals surface area (Å²) in [7, 11) is 0. The first-order chi connectivity index (χ1) is 16.0. The standard InChI is InChI=1S/C27H27NO5/c1-17-14-18(10-11-19(17)15-29)26(31)25(30)12-13-28-27(32)33-16-24-22-8-4-2-6-20(22)21-7-3-5-9-23(21)24/h2-11,14-15,24-26,30-31H,12-13,16H2,1H3,(H,28,32). The van der Waals surface area contributed by atoms with E-state index in [0.717, 1.165) is 34.1 Å². The molecule has 0 radical (unpaired) electrons. The first-order valence-electron chi connectivity index (χ1n) is 11.0. The Morgan fingerprint density at radius 3 is 2.27 bits per heavy atom. The lowest BCUT2D eigenvalue weighted by Crippen LogP contribution is -2.30. The van der Waals surface area contributed by atoms with Gasteiger partial charge in [-0.15, -0.1) is 0 Å². The van der Waals surface area contributed by atoms with Gasteiger partial charge in [0.2, 0.25) is 0 Å². The number of aliphatic hydroxyl groups excluding tert-OH is 2. The minimum atomic E-state index is -1.12. The minimum Gasteiger partial charge on any atom is -0.449 e. The summed E-state index contributed by atoms with van der Waals surface area (Å²) in [5, 5.41) is 23.3. The largest absolute Gasteiger partial charge is 0.449 e. The predicted molar refractivity (Wildman–Crippen MR) is 125 cm³/mol. The van der Waals surface area contributed by atoms with Crippen molar-refractivity contribution in [3.63, 3.8) is 0 Å². The summed E-state index contributed by atoms with van der Waals surface area (Å²) in [4.78, 5) is 23.2. The van der Waals surface area contributed by atoms with Crippen molar-refractivity contribution in [3.05, 3.63) is 94.5 Å². The molecule has 4 rings (SSSR count). The van der Waals surface area contributed by atoms with Crippen LogP contribution in [0, 0.1) is 6.92 Å². The van der Waals surface area contributed by atoms with Gasteiger partial charge in [0.05, 0.1) is 6.10 Å². The van der Waals surface area contributed by atoms with Gasteiger partial charge in [0, 0.05) is 18.0 Å². The first-order valence-corrected chi connectivity index (χ1v) is 11.0. The first kappa shape index (κ1) is 22.7. The fraction of sp³-hybridized carbons (Fsp3) is 0.259. The maximum atomic E-state index is 12.2. The molecule has 0 bridgehead atoms. The maximum Gasteiger partial charge on any atom is 0.407 e. The van der Waals surface area contributed by atoms with Gasteiger partial charge in [-0.05, 0) is 46.7 Å². The Kier molecular flexibility index (Phi) is 6.87. The summed E-state index contributed by atoms with van der Waals surface area (Å²) in [6.07, 6.45) is -1.85. The van der Waals surface area contributed by atoms with E-state index in [4.69, 9.17) is 4.74 Å². The van der Waals surface area contributed by atoms with Crippen LogP contribution in [-0.4, -0.2) is 41.8 Å². The number of ether oxygens (including phenoxy) is 1. The van der Waals surface area contributed by atoms with E-state index in [1.807, 2.05) is 24.3 Å². The molecule has 0 saturated carbocycles. The lowest BCUT2D eigenvalue weighted by Gasteiger charge is -2.19. The molecule has 1 aliphatic carbocycles. The molecule has 0 spiro atoms. The summed E-state index contributed by atoms with van der Waals surface area (Å²) in [5.41, 5.74) is 6.39. The maximum absolute atomic E-state index is 12.2. The number of hydrogen-bond donors (Lipinski definition) is 3. The number of carbonyl (C=O) groups is 2. The van der Waals surface area contributed by atoms with Crippen LogP contribution in [0.5, 0.6) is 0 Å². The lowest BCUT2D eigenvalue weighted by atomic mass is 9.98. The normalized spacial score (nSPS) is 14.2. The number of hydrogen-bond acceptors (Lipinski definition) is 5. The predicted octanol–water partition coefficient (Wildman–Crippen LogP) is 4.13. The number of nitrogens with one attached hydrogen (secondary N) is 1. The highest BCUT2D eigenvalue weighted by Gasteiger charge is 2.29. The zero-order chi connectivity index (χ0) is 23.4. The number of fused-ring (bicyclic) bond motifs is 3. The summed E-state index contributed by atoms with van der Waals surface area (Å²) in [5.74, 6) is -0.0202. The van der Waals surface area contributed by atoms with Gasteiger partial charge in [0.1, 0.15) is 19.0 Å². The van der Waals surface area contributed by atoms with Crippen LogP contribution in [0.3, 0.4) is 0 Å². The van der Waals surface area contributed by atoms with Crippen molar-refractivity contribution in [1.82, 2.24) is 5.32 Å². The van der Waals surface area contributed by atoms with Gasteiger partial charge in [-0.3, -0.25) is 4.79 Å². The second-order valence-electron chi connectivity index (χ2n) is 8.29. The van der Waals surface area contributed by atoms with Crippen molar-refractivity contribution in [2.24, 2.45) is 0 Å². The Labute approximate surface area is 192 Å². The molecular formula is C27H27NO5. The zero-order valence-corrected chi connectivity index (χ0v) is 18.4. The number of rotatable bonds is 8. The summed E-state index contributed by atoms with van der Waals surface area (Å²) in [6, 6.07) is 21.2. The Morgan fingerprint density at radius 1 is 1.03 bits per heavy atom. The topological polar surface area (TPSA) is 95.9 Å². The van der Waals surface area contributed by atoms with Crippen LogP contribution in [0.25, 0.3) is 11.1 Å². The molecule has 2 unspecified atom stereocenters. The molecule has 0 aliphatic heterocycles. The Hall–Kier alpha value is -3.48. The van der Waals surface area contributed by atoms with E-state index in [2.05, 4.69) is 29.6 Å². The van der Waals surface area contributed by atoms with Crippen LogP contribution < -0.4 is 5.32 Å². The number of carbonyl (C=O) groups excluding carboxylic acids is 2. The van der Waals surface area contributed by atoms with Crippen LogP contribution >= 0.6 is 0 Å². The second-order valence-corrected chi connectivity index (χ2v) is 8.29. The van der Waals surface area contributed by atoms with Crippen molar-refractivity contribution in [2.75, 3.05) is 13.2 Å². The smallest absolute Gasteiger partial charge is 0.407 e. The molecule has 170 valence electrons. The molecule has 1 amide bonds. The number of aliphatic hydroxyl groups is 2. The third-order valence-electron chi connectivity index (χ3n) is 6.18. The van der Waals surface area contributed by atoms with Crippen LogP contribution in [0.2, 0.25) is 0 Å². The highest BCUT2D eigenvalue weighted by Crippen LogP contribution is 2.44. The SMILES string of the molecule is Cc1cc(C(O)C(O)CCNC(=O)OCC2c3ccccc3-c3ccccc32)ccc1C=O. The van der Waals surface area contributed by atoms with E-state index in [0.29, 0.717) is 11.1 Å². The van der Waals surface area contributed by atoms with E-state index in [1.165, 1.54) is 0 Å². The third-order valence-corrected chi connectivity index (χ3v) is 6.18. The van der Waals surface area contributed by atoms with Crippen LogP contribution in [0.15, 0.2) is 66.7 Å². The number of amides is 1. The van der Waals surface area contributed by atoms with Crippen LogP contribution in [0.1, 0.15) is 51.1 Å². The summed E-state index contributed by atoms with van der Waals surface area (Å²) in [6.45, 7) is 2.14. The van der Waals surface area contributed by atoms with Crippen molar-refractivity contribution >= 4 is 12.4 Å². The van der Waals surface area contributed by atoms with Crippen molar-refractivity contribution < 1.29 is 24.5 Å². The Balaban J connectivity index is 1.28.